The summed E-state index contributed by atoms with van der Waals surface area (Å²) < 4.78 is 43.0. The van der Waals surface area contributed by atoms with Crippen molar-refractivity contribution < 1.29 is 42.5 Å². The highest BCUT2D eigenvalue weighted by Crippen LogP contribution is 2.41. The van der Waals surface area contributed by atoms with Gasteiger partial charge in [-0.15, -0.1) is 5.10 Å². The fraction of sp³-hybridized carbons (Fsp3) is 0.391. The van der Waals surface area contributed by atoms with E-state index in [1.165, 1.54) is 0 Å². The number of rotatable bonds is 21. The number of aryl methyl sites for hydroxylation is 1. The van der Waals surface area contributed by atoms with Crippen molar-refractivity contribution in [1.82, 2.24) is 9.68 Å². The second-order valence-electron chi connectivity index (χ2n) is 9.32. The van der Waals surface area contributed by atoms with Crippen molar-refractivity contribution in [3.63, 3.8) is 0 Å². The number of benzene rings is 2. The number of hydrogen-bond donors (Lipinski definition) is 5. The molecule has 0 bridgehead atoms. The molecule has 15 nitrogen and oxygen atoms in total. The number of nitrogens with zero attached hydrogens (tertiary/aromatic N) is 5. The minimum Gasteiger partial charge on any atom is -0.423 e. The van der Waals surface area contributed by atoms with Crippen LogP contribution < -0.4 is 9.05 Å². The highest BCUT2D eigenvalue weighted by Gasteiger charge is 2.25. The van der Waals surface area contributed by atoms with Crippen LogP contribution in [0.5, 0.6) is 11.5 Å². The first-order valence-electron chi connectivity index (χ1n) is 13.0. The molecule has 1 atom stereocenters. The molecule has 0 saturated carbocycles. The lowest BCUT2D eigenvalue weighted by atomic mass is 10.0. The topological polar surface area (TPSA) is 218 Å². The summed E-state index contributed by atoms with van der Waals surface area (Å²) in [5, 5.41) is 11.3. The summed E-state index contributed by atoms with van der Waals surface area (Å²) in [6, 6.07) is 14.6. The van der Waals surface area contributed by atoms with Gasteiger partial charge < -0.3 is 24.1 Å². The van der Waals surface area contributed by atoms with Crippen molar-refractivity contribution >= 4 is 71.7 Å². The van der Waals surface area contributed by atoms with Gasteiger partial charge in [-0.2, -0.15) is 9.03 Å². The summed E-state index contributed by atoms with van der Waals surface area (Å²) in [7, 11) is -7.71. The Bertz CT molecular complexity index is 1430. The zero-order chi connectivity index (χ0) is 33.3. The smallest absolute Gasteiger partial charge is 0.423 e. The van der Waals surface area contributed by atoms with E-state index in [9.17, 15) is 13.9 Å². The fourth-order valence-corrected chi connectivity index (χ4v) is 7.36. The van der Waals surface area contributed by atoms with Gasteiger partial charge in [-0.1, -0.05) is 16.9 Å². The van der Waals surface area contributed by atoms with Crippen LogP contribution in [-0.4, -0.2) is 67.4 Å². The molecule has 2 rings (SSSR count). The van der Waals surface area contributed by atoms with E-state index in [1.807, 2.05) is 24.3 Å². The molecule has 2 aromatic carbocycles. The van der Waals surface area contributed by atoms with Crippen LogP contribution in [0.3, 0.4) is 0 Å². The molecule has 0 fully saturated rings. The lowest BCUT2D eigenvalue weighted by Gasteiger charge is -2.22. The predicted molar refractivity (Wildman–Crippen MR) is 180 cm³/mol. The third-order valence-electron chi connectivity index (χ3n) is 5.52. The van der Waals surface area contributed by atoms with Crippen molar-refractivity contribution in [3.05, 3.63) is 59.7 Å². The van der Waals surface area contributed by atoms with Crippen molar-refractivity contribution in [2.45, 2.75) is 32.1 Å². The van der Waals surface area contributed by atoms with Gasteiger partial charge in [0.1, 0.15) is 24.1 Å². The monoisotopic (exact) mass is 755 g/mol. The van der Waals surface area contributed by atoms with Crippen molar-refractivity contribution in [2.75, 3.05) is 26.2 Å². The lowest BCUT2D eigenvalue weighted by molar-refractivity contribution is -0.119. The van der Waals surface area contributed by atoms with Crippen molar-refractivity contribution in [3.8, 4) is 11.5 Å². The molecule has 0 spiro atoms. The van der Waals surface area contributed by atoms with E-state index >= 15 is 0 Å². The molecule has 22 heteroatoms. The zero-order valence-electron chi connectivity index (χ0n) is 24.0. The maximum atomic E-state index is 12.3. The van der Waals surface area contributed by atoms with Gasteiger partial charge in [0, 0.05) is 12.8 Å². The Balaban J connectivity index is 1.73. The Hall–Kier alpha value is -1.74. The maximum Gasteiger partial charge on any atom is 0.540 e. The van der Waals surface area contributed by atoms with Gasteiger partial charge in [0.05, 0.1) is 13.3 Å². The first-order chi connectivity index (χ1) is 21.2. The van der Waals surface area contributed by atoms with Gasteiger partial charge in [-0.05, 0) is 73.3 Å². The highest BCUT2D eigenvalue weighted by molar-refractivity contribution is 8.02. The van der Waals surface area contributed by atoms with Gasteiger partial charge >= 0.3 is 22.3 Å². The lowest BCUT2D eigenvalue weighted by Crippen LogP contribution is -2.27. The molecule has 244 valence electrons. The molecule has 0 heterocycles. The standard InChI is InChI=1S/C23H32N6O9P6S/c1-28(25-16-20-9-11-22(12-10-20)37-41-27-40-26-39-24)42(45)38-23-13-7-19(8-14-23)4-2-5-21(30)6-3-15-29(17-43(31,32)33)18-44(34,35)36/h7-14,16,24H,2-6,15,17-18H2,1H3,(H3-,31,32,33,34,35,36)/p+1. The van der Waals surface area contributed by atoms with Crippen LogP contribution in [0.25, 0.3) is 0 Å². The number of hydrazone groups is 1. The van der Waals surface area contributed by atoms with Gasteiger partial charge in [-0.25, -0.2) is 0 Å². The minimum atomic E-state index is -4.50. The van der Waals surface area contributed by atoms with E-state index in [0.717, 1.165) is 16.0 Å². The first kappa shape index (κ1) is 39.4. The molecular weight excluding hydrogens is 722 g/mol. The van der Waals surface area contributed by atoms with Crippen LogP contribution in [0.2, 0.25) is 0 Å². The maximum absolute atomic E-state index is 12.3. The summed E-state index contributed by atoms with van der Waals surface area (Å²) in [5.74, 6) is 1.19. The minimum absolute atomic E-state index is 0.0128. The van der Waals surface area contributed by atoms with Crippen molar-refractivity contribution in [2.24, 2.45) is 14.1 Å². The third kappa shape index (κ3) is 18.9. The fourth-order valence-electron chi connectivity index (χ4n) is 3.61. The average molecular weight is 755 g/mol. The van der Waals surface area contributed by atoms with E-state index in [-0.39, 0.29) is 33.7 Å². The molecule has 0 aliphatic carbocycles. The normalized spacial score (nSPS) is 12.9. The summed E-state index contributed by atoms with van der Waals surface area (Å²) in [6.07, 6.45) is 2.04. The summed E-state index contributed by atoms with van der Waals surface area (Å²) in [4.78, 5) is 49.7. The number of ketones is 1. The third-order valence-corrected chi connectivity index (χ3v) is 10.5. The molecular formula is C23H33N6O9P6S+. The Morgan fingerprint density at radius 3 is 2.18 bits per heavy atom. The Morgan fingerprint density at radius 2 is 1.58 bits per heavy atom. The van der Waals surface area contributed by atoms with E-state index in [2.05, 4.69) is 14.1 Å². The number of carbonyl (C=O) groups is 1. The van der Waals surface area contributed by atoms with Gasteiger partial charge in [0.2, 0.25) is 11.8 Å². The molecule has 2 aromatic rings. The molecule has 0 amide bonds. The Morgan fingerprint density at radius 1 is 0.978 bits per heavy atom. The first-order valence-corrected chi connectivity index (χ1v) is 21.3. The van der Waals surface area contributed by atoms with Crippen LogP contribution in [0, 0.1) is 5.16 Å². The van der Waals surface area contributed by atoms with E-state index in [1.54, 1.807) is 42.3 Å². The van der Waals surface area contributed by atoms with Crippen LogP contribution in [-0.2, 0) is 32.2 Å². The molecule has 45 heavy (non-hydrogen) atoms. The summed E-state index contributed by atoms with van der Waals surface area (Å²) in [6.45, 7) is -0.0128. The van der Waals surface area contributed by atoms with Crippen LogP contribution in [0.1, 0.15) is 36.8 Å². The summed E-state index contributed by atoms with van der Waals surface area (Å²) in [5.41, 5.74) is 1.85. The van der Waals surface area contributed by atoms with Gasteiger partial charge in [-0.3, -0.25) is 28.5 Å². The van der Waals surface area contributed by atoms with Crippen LogP contribution in [0.4, 0.5) is 0 Å². The molecule has 0 aliphatic heterocycles. The summed E-state index contributed by atoms with van der Waals surface area (Å²) >= 11 is 5.48. The van der Waals surface area contributed by atoms with Crippen LogP contribution >= 0.6 is 47.9 Å². The molecule has 0 saturated heterocycles. The van der Waals surface area contributed by atoms with E-state index in [0.29, 0.717) is 47.9 Å². The number of hydrogen-bond acceptors (Lipinski definition) is 9. The molecule has 0 aromatic heterocycles. The second-order valence-corrected chi connectivity index (χ2v) is 16.9. The number of Topliss-reactive ketones (excluding diaryl/α,β-unsaturated/α-hetero) is 1. The van der Waals surface area contributed by atoms with Crippen LogP contribution in [0.15, 0.2) is 62.7 Å². The Labute approximate surface area is 272 Å². The van der Waals surface area contributed by atoms with E-state index in [4.69, 9.17) is 45.6 Å². The zero-order valence-corrected chi connectivity index (χ0v) is 30.2. The number of nitrogens with one attached hydrogen (secondary N) is 1. The number of carbonyl (C=O) groups excluding carboxylic acids is 1. The molecule has 1 unspecified atom stereocenters. The van der Waals surface area contributed by atoms with Gasteiger partial charge in [0.25, 0.3) is 8.60 Å². The second kappa shape index (κ2) is 20.5. The molecule has 0 aliphatic rings. The van der Waals surface area contributed by atoms with Gasteiger partial charge in [0.15, 0.2) is 22.8 Å². The highest BCUT2D eigenvalue weighted by atomic mass is 32.4. The van der Waals surface area contributed by atoms with Crippen molar-refractivity contribution in [1.29, 1.82) is 5.16 Å². The largest absolute Gasteiger partial charge is 0.540 e. The molecule has 5 N–H and O–H groups in total. The average Bonchev–Trinajstić information content (AvgIpc) is 2.95. The predicted octanol–water partition coefficient (Wildman–Crippen LogP) is 7.14. The quantitative estimate of drug-likeness (QED) is 0.0488. The molecule has 0 radical (unpaired) electrons. The SMILES string of the molecule is CN(N=Cc1ccc(OP=NP=NP=N)cc1)[P+](=S)Oc1ccc(CCCC(=O)CCCN(CP(=O)(O)O)CP(=O)(O)O)cc1. The Kier molecular flexibility index (Phi) is 18.0. The van der Waals surface area contributed by atoms with E-state index < -0.39 is 34.8 Å².